The Hall–Kier alpha value is -1.41. The number of aliphatic hydroxyl groups excluding tert-OH is 1. The van der Waals surface area contributed by atoms with Crippen LogP contribution in [0.4, 0.5) is 4.39 Å². The molecule has 0 spiro atoms. The van der Waals surface area contributed by atoms with Crippen molar-refractivity contribution >= 4 is 0 Å². The highest BCUT2D eigenvalue weighted by molar-refractivity contribution is 5.37. The molecule has 1 unspecified atom stereocenters. The summed E-state index contributed by atoms with van der Waals surface area (Å²) in [7, 11) is 0. The number of hydrogen-bond donors (Lipinski definition) is 1. The highest BCUT2D eigenvalue weighted by atomic mass is 19.1. The molecule has 1 aliphatic rings. The number of hydrogen-bond acceptors (Lipinski definition) is 3. The molecule has 0 aliphatic carbocycles. The molecule has 1 aromatic rings. The van der Waals surface area contributed by atoms with Crippen LogP contribution in [0.3, 0.4) is 0 Å². The fraction of sp³-hybridized carbons (Fsp3) is 0.467. The molecule has 1 fully saturated rings. The quantitative estimate of drug-likeness (QED) is 0.819. The van der Waals surface area contributed by atoms with Gasteiger partial charge in [0.25, 0.3) is 0 Å². The molecule has 0 aromatic heterocycles. The van der Waals surface area contributed by atoms with E-state index in [1.807, 2.05) is 0 Å². The summed E-state index contributed by atoms with van der Waals surface area (Å²) in [6.07, 6.45) is 0. The van der Waals surface area contributed by atoms with Gasteiger partial charge < -0.3 is 9.84 Å². The van der Waals surface area contributed by atoms with Crippen molar-refractivity contribution in [2.45, 2.75) is 19.5 Å². The molecule has 1 N–H and O–H groups in total. The zero-order chi connectivity index (χ0) is 13.7. The van der Waals surface area contributed by atoms with Gasteiger partial charge in [0, 0.05) is 30.3 Å². The molecule has 1 heterocycles. The summed E-state index contributed by atoms with van der Waals surface area (Å²) in [5.74, 6) is 4.97. The van der Waals surface area contributed by atoms with Gasteiger partial charge in [-0.1, -0.05) is 17.9 Å². The standard InChI is InChI=1S/C15H18FNO2/c1-12-11-19-8-6-17(12)10-14-5-4-13(3-2-7-18)9-15(14)16/h4-5,9,12,18H,6-8,10-11H2,1H3. The van der Waals surface area contributed by atoms with Crippen LogP contribution < -0.4 is 0 Å². The van der Waals surface area contributed by atoms with Gasteiger partial charge in [0.1, 0.15) is 12.4 Å². The Morgan fingerprint density at radius 1 is 1.53 bits per heavy atom. The Labute approximate surface area is 113 Å². The molecule has 1 aromatic carbocycles. The third kappa shape index (κ3) is 3.77. The molecule has 3 nitrogen and oxygen atoms in total. The lowest BCUT2D eigenvalue weighted by atomic mass is 10.1. The zero-order valence-corrected chi connectivity index (χ0v) is 11.0. The van der Waals surface area contributed by atoms with Crippen LogP contribution in [0, 0.1) is 17.7 Å². The van der Waals surface area contributed by atoms with E-state index in [2.05, 4.69) is 23.7 Å². The summed E-state index contributed by atoms with van der Waals surface area (Å²) in [5, 5.41) is 8.61. The first-order valence-electron chi connectivity index (χ1n) is 6.40. The predicted octanol–water partition coefficient (Wildman–Crippen LogP) is 1.39. The van der Waals surface area contributed by atoms with Crippen LogP contribution in [-0.2, 0) is 11.3 Å². The van der Waals surface area contributed by atoms with Crippen LogP contribution >= 0.6 is 0 Å². The third-order valence-electron chi connectivity index (χ3n) is 3.24. The highest BCUT2D eigenvalue weighted by Crippen LogP contribution is 2.16. The van der Waals surface area contributed by atoms with Crippen molar-refractivity contribution in [3.8, 4) is 11.8 Å². The van der Waals surface area contributed by atoms with E-state index in [1.54, 1.807) is 12.1 Å². The Balaban J connectivity index is 2.08. The fourth-order valence-corrected chi connectivity index (χ4v) is 2.11. The second-order valence-corrected chi connectivity index (χ2v) is 4.66. The molecular formula is C15H18FNO2. The first kappa shape index (κ1) is 14.0. The van der Waals surface area contributed by atoms with Crippen LogP contribution in [0.15, 0.2) is 18.2 Å². The molecule has 0 bridgehead atoms. The Morgan fingerprint density at radius 3 is 3.05 bits per heavy atom. The number of rotatable bonds is 2. The van der Waals surface area contributed by atoms with Gasteiger partial charge in [0.15, 0.2) is 0 Å². The summed E-state index contributed by atoms with van der Waals surface area (Å²) >= 11 is 0. The van der Waals surface area contributed by atoms with Crippen LogP contribution in [0.5, 0.6) is 0 Å². The Bertz CT molecular complexity index is 493. The van der Waals surface area contributed by atoms with E-state index in [0.717, 1.165) is 6.54 Å². The molecule has 1 atom stereocenters. The summed E-state index contributed by atoms with van der Waals surface area (Å²) in [6.45, 7) is 4.68. The van der Waals surface area contributed by atoms with Crippen LogP contribution in [-0.4, -0.2) is 42.4 Å². The third-order valence-corrected chi connectivity index (χ3v) is 3.24. The first-order chi connectivity index (χ1) is 9.20. The number of benzene rings is 1. The van der Waals surface area contributed by atoms with E-state index in [9.17, 15) is 4.39 Å². The van der Waals surface area contributed by atoms with Gasteiger partial charge in [-0.2, -0.15) is 0 Å². The van der Waals surface area contributed by atoms with Gasteiger partial charge in [-0.05, 0) is 19.1 Å². The number of morpholine rings is 1. The maximum absolute atomic E-state index is 14.0. The van der Waals surface area contributed by atoms with Crippen LogP contribution in [0.1, 0.15) is 18.1 Å². The van der Waals surface area contributed by atoms with Crippen molar-refractivity contribution < 1.29 is 14.2 Å². The summed E-state index contributed by atoms with van der Waals surface area (Å²) in [5.41, 5.74) is 1.26. The van der Waals surface area contributed by atoms with Gasteiger partial charge in [-0.25, -0.2) is 4.39 Å². The van der Waals surface area contributed by atoms with Crippen molar-refractivity contribution in [1.29, 1.82) is 0 Å². The molecule has 0 radical (unpaired) electrons. The lowest BCUT2D eigenvalue weighted by molar-refractivity contribution is -0.00480. The normalized spacial score (nSPS) is 19.8. The minimum absolute atomic E-state index is 0.214. The second-order valence-electron chi connectivity index (χ2n) is 4.66. The average Bonchev–Trinajstić information content (AvgIpc) is 2.41. The van der Waals surface area contributed by atoms with Crippen molar-refractivity contribution in [1.82, 2.24) is 4.90 Å². The topological polar surface area (TPSA) is 32.7 Å². The summed E-state index contributed by atoms with van der Waals surface area (Å²) in [4.78, 5) is 2.21. The van der Waals surface area contributed by atoms with Gasteiger partial charge >= 0.3 is 0 Å². The van der Waals surface area contributed by atoms with E-state index in [0.29, 0.717) is 36.9 Å². The fourth-order valence-electron chi connectivity index (χ4n) is 2.11. The minimum Gasteiger partial charge on any atom is -0.384 e. The van der Waals surface area contributed by atoms with E-state index >= 15 is 0 Å². The lowest BCUT2D eigenvalue weighted by Gasteiger charge is -2.33. The Morgan fingerprint density at radius 2 is 2.37 bits per heavy atom. The van der Waals surface area contributed by atoms with Crippen LogP contribution in [0.2, 0.25) is 0 Å². The average molecular weight is 263 g/mol. The molecule has 1 saturated heterocycles. The van der Waals surface area contributed by atoms with Gasteiger partial charge in [0.05, 0.1) is 13.2 Å². The largest absolute Gasteiger partial charge is 0.384 e. The van der Waals surface area contributed by atoms with E-state index < -0.39 is 0 Å². The number of nitrogens with zero attached hydrogens (tertiary/aromatic N) is 1. The summed E-state index contributed by atoms with van der Waals surface area (Å²) < 4.78 is 19.3. The highest BCUT2D eigenvalue weighted by Gasteiger charge is 2.19. The monoisotopic (exact) mass is 263 g/mol. The zero-order valence-electron chi connectivity index (χ0n) is 11.0. The van der Waals surface area contributed by atoms with Gasteiger partial charge in [0.2, 0.25) is 0 Å². The van der Waals surface area contributed by atoms with Crippen molar-refractivity contribution in [3.63, 3.8) is 0 Å². The SMILES string of the molecule is CC1COCCN1Cc1ccc(C#CCO)cc1F. The maximum atomic E-state index is 14.0. The molecule has 0 saturated carbocycles. The molecule has 102 valence electrons. The number of ether oxygens (including phenoxy) is 1. The predicted molar refractivity (Wildman–Crippen MR) is 71.1 cm³/mol. The summed E-state index contributed by atoms with van der Waals surface area (Å²) in [6, 6.07) is 5.27. The second kappa shape index (κ2) is 6.67. The lowest BCUT2D eigenvalue weighted by Crippen LogP contribution is -2.43. The van der Waals surface area contributed by atoms with Crippen LogP contribution in [0.25, 0.3) is 0 Å². The van der Waals surface area contributed by atoms with E-state index in [-0.39, 0.29) is 12.4 Å². The Kier molecular flexibility index (Phi) is 4.92. The number of halogens is 1. The molecule has 4 heteroatoms. The molecule has 1 aliphatic heterocycles. The van der Waals surface area contributed by atoms with Crippen molar-refractivity contribution in [2.24, 2.45) is 0 Å². The van der Waals surface area contributed by atoms with Gasteiger partial charge in [-0.15, -0.1) is 0 Å². The number of aliphatic hydroxyl groups is 1. The smallest absolute Gasteiger partial charge is 0.128 e. The van der Waals surface area contributed by atoms with Crippen molar-refractivity contribution in [2.75, 3.05) is 26.4 Å². The molecule has 2 rings (SSSR count). The molecule has 0 amide bonds. The maximum Gasteiger partial charge on any atom is 0.128 e. The van der Waals surface area contributed by atoms with Crippen molar-refractivity contribution in [3.05, 3.63) is 35.1 Å². The minimum atomic E-state index is -0.247. The van der Waals surface area contributed by atoms with E-state index in [1.165, 1.54) is 6.07 Å². The van der Waals surface area contributed by atoms with E-state index in [4.69, 9.17) is 9.84 Å². The molecule has 19 heavy (non-hydrogen) atoms. The molecular weight excluding hydrogens is 245 g/mol. The van der Waals surface area contributed by atoms with Gasteiger partial charge in [-0.3, -0.25) is 4.90 Å². The first-order valence-corrected chi connectivity index (χ1v) is 6.40.